The van der Waals surface area contributed by atoms with Gasteiger partial charge in [0.2, 0.25) is 5.91 Å². The standard InChI is InChI=1S/C25H20F3N5O2/c1-16(25(26,27)28)30-23(34)14-32-20-6-2-3-7-21(20)33(24(32)35)18-10-8-17(9-11-18)19-5-4-12-31-15-29-13-22(19)31/h2-13,15-16H,14H2,1H3,(H,30,34). The number of halogens is 3. The van der Waals surface area contributed by atoms with Crippen LogP contribution in [-0.2, 0) is 11.3 Å². The molecule has 5 aromatic rings. The minimum atomic E-state index is -4.57. The van der Waals surface area contributed by atoms with E-state index in [-0.39, 0.29) is 0 Å². The summed E-state index contributed by atoms with van der Waals surface area (Å²) in [7, 11) is 0. The molecule has 3 heterocycles. The Kier molecular flexibility index (Phi) is 5.43. The fourth-order valence-electron chi connectivity index (χ4n) is 4.11. The van der Waals surface area contributed by atoms with Crippen LogP contribution in [0, 0.1) is 0 Å². The molecule has 35 heavy (non-hydrogen) atoms. The van der Waals surface area contributed by atoms with Gasteiger partial charge < -0.3 is 9.72 Å². The fraction of sp³-hybridized carbons (Fsp3) is 0.160. The number of aromatic nitrogens is 4. The Hall–Kier alpha value is -4.34. The molecule has 0 fully saturated rings. The van der Waals surface area contributed by atoms with Crippen LogP contribution in [0.15, 0.2) is 84.2 Å². The number of hydrogen-bond acceptors (Lipinski definition) is 3. The topological polar surface area (TPSA) is 73.3 Å². The van der Waals surface area contributed by atoms with Crippen molar-refractivity contribution in [2.45, 2.75) is 25.7 Å². The lowest BCUT2D eigenvalue weighted by Gasteiger charge is -2.17. The molecular weight excluding hydrogens is 459 g/mol. The largest absolute Gasteiger partial charge is 0.408 e. The summed E-state index contributed by atoms with van der Waals surface area (Å²) in [6.07, 6.45) is 0.817. The van der Waals surface area contributed by atoms with E-state index in [9.17, 15) is 22.8 Å². The average Bonchev–Trinajstić information content (AvgIpc) is 3.41. The van der Waals surface area contributed by atoms with Gasteiger partial charge in [-0.3, -0.25) is 13.9 Å². The molecule has 0 bridgehead atoms. The number of fused-ring (bicyclic) bond motifs is 2. The van der Waals surface area contributed by atoms with E-state index >= 15 is 0 Å². The number of nitrogens with zero attached hydrogens (tertiary/aromatic N) is 4. The van der Waals surface area contributed by atoms with E-state index < -0.39 is 30.4 Å². The van der Waals surface area contributed by atoms with E-state index in [1.54, 1.807) is 48.9 Å². The molecule has 1 unspecified atom stereocenters. The summed E-state index contributed by atoms with van der Waals surface area (Å²) in [5.41, 5.74) is 3.87. The van der Waals surface area contributed by atoms with Crippen molar-refractivity contribution in [2.75, 3.05) is 0 Å². The van der Waals surface area contributed by atoms with Crippen LogP contribution in [0.1, 0.15) is 6.92 Å². The molecule has 1 atom stereocenters. The predicted octanol–water partition coefficient (Wildman–Crippen LogP) is 4.17. The Morgan fingerprint density at radius 1 is 1.00 bits per heavy atom. The molecule has 10 heteroatoms. The molecule has 7 nitrogen and oxygen atoms in total. The van der Waals surface area contributed by atoms with Gasteiger partial charge in [-0.15, -0.1) is 0 Å². The fourth-order valence-corrected chi connectivity index (χ4v) is 4.11. The molecule has 0 saturated carbocycles. The second-order valence-corrected chi connectivity index (χ2v) is 8.18. The minimum Gasteiger partial charge on any atom is -0.343 e. The van der Waals surface area contributed by atoms with Gasteiger partial charge in [0, 0.05) is 11.8 Å². The van der Waals surface area contributed by atoms with Crippen molar-refractivity contribution in [3.05, 3.63) is 89.9 Å². The van der Waals surface area contributed by atoms with Crippen LogP contribution in [0.4, 0.5) is 13.2 Å². The third kappa shape index (κ3) is 4.07. The van der Waals surface area contributed by atoms with Gasteiger partial charge in [0.05, 0.1) is 34.8 Å². The summed E-state index contributed by atoms with van der Waals surface area (Å²) in [6, 6.07) is 16.1. The lowest BCUT2D eigenvalue weighted by Crippen LogP contribution is -2.45. The Balaban J connectivity index is 1.52. The van der Waals surface area contributed by atoms with Crippen molar-refractivity contribution in [2.24, 2.45) is 0 Å². The van der Waals surface area contributed by atoms with Gasteiger partial charge in [-0.25, -0.2) is 9.78 Å². The zero-order chi connectivity index (χ0) is 24.7. The summed E-state index contributed by atoms with van der Waals surface area (Å²) in [5, 5.41) is 1.91. The van der Waals surface area contributed by atoms with Gasteiger partial charge in [0.1, 0.15) is 12.6 Å². The van der Waals surface area contributed by atoms with Gasteiger partial charge in [0.15, 0.2) is 0 Å². The molecular formula is C25H20F3N5O2. The van der Waals surface area contributed by atoms with Gasteiger partial charge in [-0.05, 0) is 42.8 Å². The van der Waals surface area contributed by atoms with Crippen LogP contribution in [-0.4, -0.2) is 36.6 Å². The Labute approximate surface area is 197 Å². The van der Waals surface area contributed by atoms with Crippen LogP contribution in [0.25, 0.3) is 33.4 Å². The third-order valence-electron chi connectivity index (χ3n) is 5.89. The van der Waals surface area contributed by atoms with Crippen LogP contribution < -0.4 is 11.0 Å². The summed E-state index contributed by atoms with van der Waals surface area (Å²) in [4.78, 5) is 29.8. The first-order valence-corrected chi connectivity index (χ1v) is 10.8. The van der Waals surface area contributed by atoms with Crippen molar-refractivity contribution in [1.29, 1.82) is 0 Å². The van der Waals surface area contributed by atoms with Crippen molar-refractivity contribution in [1.82, 2.24) is 23.8 Å². The van der Waals surface area contributed by atoms with E-state index in [0.29, 0.717) is 16.7 Å². The van der Waals surface area contributed by atoms with E-state index in [0.717, 1.165) is 23.6 Å². The normalized spacial score (nSPS) is 12.8. The lowest BCUT2D eigenvalue weighted by molar-refractivity contribution is -0.158. The summed E-state index contributed by atoms with van der Waals surface area (Å²) in [5.74, 6) is -0.899. The molecule has 0 radical (unpaired) electrons. The Bertz CT molecular complexity index is 1600. The number of alkyl halides is 3. The molecule has 1 N–H and O–H groups in total. The quantitative estimate of drug-likeness (QED) is 0.411. The first kappa shape index (κ1) is 22.5. The van der Waals surface area contributed by atoms with Gasteiger partial charge in [0.25, 0.3) is 0 Å². The number of nitrogens with one attached hydrogen (secondary N) is 1. The highest BCUT2D eigenvalue weighted by atomic mass is 19.4. The molecule has 5 rings (SSSR count). The molecule has 0 saturated heterocycles. The second kappa shape index (κ2) is 8.46. The highest BCUT2D eigenvalue weighted by Crippen LogP contribution is 2.26. The molecule has 3 aromatic heterocycles. The smallest absolute Gasteiger partial charge is 0.343 e. The van der Waals surface area contributed by atoms with Crippen LogP contribution in [0.3, 0.4) is 0 Å². The predicted molar refractivity (Wildman–Crippen MR) is 125 cm³/mol. The maximum Gasteiger partial charge on any atom is 0.408 e. The number of rotatable bonds is 5. The maximum absolute atomic E-state index is 13.3. The monoisotopic (exact) mass is 479 g/mol. The highest BCUT2D eigenvalue weighted by molar-refractivity contribution is 5.83. The number of carbonyl (C=O) groups is 1. The van der Waals surface area contributed by atoms with Gasteiger partial charge >= 0.3 is 11.9 Å². The third-order valence-corrected chi connectivity index (χ3v) is 5.89. The molecule has 2 aromatic carbocycles. The Morgan fingerprint density at radius 3 is 2.43 bits per heavy atom. The first-order chi connectivity index (χ1) is 16.7. The summed E-state index contributed by atoms with van der Waals surface area (Å²) in [6.45, 7) is 0.323. The molecule has 1 amide bonds. The molecule has 0 aliphatic carbocycles. The van der Waals surface area contributed by atoms with Crippen LogP contribution >= 0.6 is 0 Å². The zero-order valence-electron chi connectivity index (χ0n) is 18.5. The van der Waals surface area contributed by atoms with Gasteiger partial charge in [-0.1, -0.05) is 30.3 Å². The lowest BCUT2D eigenvalue weighted by atomic mass is 10.1. The van der Waals surface area contributed by atoms with Crippen molar-refractivity contribution in [3.63, 3.8) is 0 Å². The minimum absolute atomic E-state index is 0.445. The van der Waals surface area contributed by atoms with E-state index in [4.69, 9.17) is 0 Å². The average molecular weight is 479 g/mol. The maximum atomic E-state index is 13.3. The zero-order valence-corrected chi connectivity index (χ0v) is 18.5. The van der Waals surface area contributed by atoms with Crippen molar-refractivity contribution in [3.8, 4) is 16.8 Å². The Morgan fingerprint density at radius 2 is 1.71 bits per heavy atom. The second-order valence-electron chi connectivity index (χ2n) is 8.18. The number of carbonyl (C=O) groups excluding carboxylic acids is 1. The molecule has 0 spiro atoms. The SMILES string of the molecule is CC(NC(=O)Cn1c(=O)n(-c2ccc(-c3cccn4cncc34)cc2)c2ccccc21)C(F)(F)F. The molecule has 178 valence electrons. The van der Waals surface area contributed by atoms with Crippen molar-refractivity contribution >= 4 is 22.5 Å². The number of amides is 1. The van der Waals surface area contributed by atoms with Crippen LogP contribution in [0.5, 0.6) is 0 Å². The number of para-hydroxylation sites is 2. The molecule has 0 aliphatic heterocycles. The highest BCUT2D eigenvalue weighted by Gasteiger charge is 2.37. The van der Waals surface area contributed by atoms with Gasteiger partial charge in [-0.2, -0.15) is 13.2 Å². The summed E-state index contributed by atoms with van der Waals surface area (Å²) < 4.78 is 43.0. The summed E-state index contributed by atoms with van der Waals surface area (Å²) >= 11 is 0. The van der Waals surface area contributed by atoms with Crippen molar-refractivity contribution < 1.29 is 18.0 Å². The number of hydrogen-bond donors (Lipinski definition) is 1. The van der Waals surface area contributed by atoms with E-state index in [1.807, 2.05) is 40.2 Å². The van der Waals surface area contributed by atoms with E-state index in [2.05, 4.69) is 4.98 Å². The van der Waals surface area contributed by atoms with E-state index in [1.165, 1.54) is 9.13 Å². The number of imidazole rings is 2. The first-order valence-electron chi connectivity index (χ1n) is 10.8. The number of pyridine rings is 1. The van der Waals surface area contributed by atoms with Crippen LogP contribution in [0.2, 0.25) is 0 Å². The number of benzene rings is 2. The molecule has 0 aliphatic rings.